The predicted molar refractivity (Wildman–Crippen MR) is 94.4 cm³/mol. The van der Waals surface area contributed by atoms with E-state index in [1.165, 1.54) is 0 Å². The molecule has 1 atom stereocenters. The molecule has 0 aliphatic carbocycles. The van der Waals surface area contributed by atoms with Crippen LogP contribution in [0.1, 0.15) is 18.9 Å². The van der Waals surface area contributed by atoms with E-state index in [1.807, 2.05) is 37.3 Å². The van der Waals surface area contributed by atoms with Gasteiger partial charge in [-0.2, -0.15) is 0 Å². The van der Waals surface area contributed by atoms with E-state index in [4.69, 9.17) is 5.73 Å². The number of nitrogens with zero attached hydrogens (tertiary/aromatic N) is 1. The third kappa shape index (κ3) is 9.05. The van der Waals surface area contributed by atoms with Gasteiger partial charge in [-0.3, -0.25) is 4.79 Å². The summed E-state index contributed by atoms with van der Waals surface area (Å²) in [6.07, 6.45) is 0.266. The lowest BCUT2D eigenvalue weighted by atomic mass is 10.2. The molecular formula is C16H27ClN4O2. The van der Waals surface area contributed by atoms with Gasteiger partial charge in [-0.15, -0.1) is 12.4 Å². The number of hydrogen-bond acceptors (Lipinski definition) is 3. The van der Waals surface area contributed by atoms with Gasteiger partial charge in [-0.25, -0.2) is 4.79 Å². The number of nitrogens with one attached hydrogen (secondary N) is 2. The zero-order chi connectivity index (χ0) is 16.4. The van der Waals surface area contributed by atoms with E-state index in [9.17, 15) is 9.59 Å². The summed E-state index contributed by atoms with van der Waals surface area (Å²) in [5.41, 5.74) is 6.54. The average Bonchev–Trinajstić information content (AvgIpc) is 2.53. The maximum absolute atomic E-state index is 11.9. The molecule has 0 aromatic heterocycles. The second-order valence-electron chi connectivity index (χ2n) is 5.47. The zero-order valence-electron chi connectivity index (χ0n) is 13.7. The number of carbonyl (C=O) groups excluding carboxylic acids is 2. The number of rotatable bonds is 8. The van der Waals surface area contributed by atoms with Crippen LogP contribution in [0.4, 0.5) is 4.79 Å². The Morgan fingerprint density at radius 2 is 1.87 bits per heavy atom. The Hall–Kier alpha value is -1.79. The number of amides is 3. The van der Waals surface area contributed by atoms with E-state index < -0.39 is 0 Å². The van der Waals surface area contributed by atoms with Crippen molar-refractivity contribution in [1.82, 2.24) is 15.5 Å². The zero-order valence-corrected chi connectivity index (χ0v) is 14.6. The van der Waals surface area contributed by atoms with Gasteiger partial charge in [0.15, 0.2) is 0 Å². The van der Waals surface area contributed by atoms with Crippen molar-refractivity contribution in [3.05, 3.63) is 35.9 Å². The normalized spacial score (nSPS) is 11.1. The number of carbonyl (C=O) groups is 2. The first kappa shape index (κ1) is 21.2. The molecule has 130 valence electrons. The molecule has 1 rings (SSSR count). The van der Waals surface area contributed by atoms with Gasteiger partial charge in [0, 0.05) is 33.1 Å². The van der Waals surface area contributed by atoms with E-state index in [0.717, 1.165) is 5.56 Å². The van der Waals surface area contributed by atoms with Gasteiger partial charge in [0.25, 0.3) is 0 Å². The molecule has 0 aliphatic rings. The van der Waals surface area contributed by atoms with Crippen LogP contribution in [0.25, 0.3) is 0 Å². The summed E-state index contributed by atoms with van der Waals surface area (Å²) in [4.78, 5) is 25.1. The van der Waals surface area contributed by atoms with Crippen molar-refractivity contribution < 1.29 is 9.59 Å². The van der Waals surface area contributed by atoms with Crippen molar-refractivity contribution in [1.29, 1.82) is 0 Å². The largest absolute Gasteiger partial charge is 0.356 e. The predicted octanol–water partition coefficient (Wildman–Crippen LogP) is 1.35. The minimum atomic E-state index is -0.188. The minimum absolute atomic E-state index is 0. The molecule has 0 saturated carbocycles. The van der Waals surface area contributed by atoms with Gasteiger partial charge >= 0.3 is 6.03 Å². The number of halogens is 1. The molecule has 4 N–H and O–H groups in total. The molecule has 1 aromatic carbocycles. The summed E-state index contributed by atoms with van der Waals surface area (Å²) in [6, 6.07) is 9.56. The second kappa shape index (κ2) is 11.7. The molecule has 0 heterocycles. The van der Waals surface area contributed by atoms with Gasteiger partial charge < -0.3 is 21.3 Å². The summed E-state index contributed by atoms with van der Waals surface area (Å²) < 4.78 is 0. The Labute approximate surface area is 144 Å². The molecule has 0 bridgehead atoms. The van der Waals surface area contributed by atoms with Crippen LogP contribution in [0.3, 0.4) is 0 Å². The third-order valence-electron chi connectivity index (χ3n) is 3.29. The number of benzene rings is 1. The Morgan fingerprint density at radius 3 is 2.48 bits per heavy atom. The molecule has 1 unspecified atom stereocenters. The quantitative estimate of drug-likeness (QED) is 0.666. The number of urea groups is 1. The minimum Gasteiger partial charge on any atom is -0.356 e. The molecule has 23 heavy (non-hydrogen) atoms. The highest BCUT2D eigenvalue weighted by atomic mass is 35.5. The third-order valence-corrected chi connectivity index (χ3v) is 3.29. The topological polar surface area (TPSA) is 87.5 Å². The second-order valence-corrected chi connectivity index (χ2v) is 5.47. The van der Waals surface area contributed by atoms with Crippen LogP contribution < -0.4 is 16.4 Å². The van der Waals surface area contributed by atoms with Crippen molar-refractivity contribution in [3.63, 3.8) is 0 Å². The van der Waals surface area contributed by atoms with Crippen LogP contribution in [0, 0.1) is 5.92 Å². The van der Waals surface area contributed by atoms with Crippen LogP contribution >= 0.6 is 12.4 Å². The van der Waals surface area contributed by atoms with E-state index in [1.54, 1.807) is 11.9 Å². The average molecular weight is 343 g/mol. The number of hydrogen-bond donors (Lipinski definition) is 3. The lowest BCUT2D eigenvalue weighted by Gasteiger charge is -2.18. The first-order valence-corrected chi connectivity index (χ1v) is 7.52. The van der Waals surface area contributed by atoms with Gasteiger partial charge in [0.05, 0.1) is 0 Å². The van der Waals surface area contributed by atoms with Crippen molar-refractivity contribution in [3.8, 4) is 0 Å². The summed E-state index contributed by atoms with van der Waals surface area (Å²) in [6.45, 7) is 3.94. The summed E-state index contributed by atoms with van der Waals surface area (Å²) >= 11 is 0. The first-order valence-electron chi connectivity index (χ1n) is 7.52. The Balaban J connectivity index is 0.00000484. The Morgan fingerprint density at radius 1 is 1.22 bits per heavy atom. The summed E-state index contributed by atoms with van der Waals surface area (Å²) in [7, 11) is 1.73. The van der Waals surface area contributed by atoms with Gasteiger partial charge in [-0.05, 0) is 18.0 Å². The highest BCUT2D eigenvalue weighted by Crippen LogP contribution is 2.02. The number of nitrogens with two attached hydrogens (primary N) is 1. The molecule has 0 saturated heterocycles. The lowest BCUT2D eigenvalue weighted by Crippen LogP contribution is -2.39. The molecule has 7 heteroatoms. The first-order chi connectivity index (χ1) is 10.5. The van der Waals surface area contributed by atoms with Crippen LogP contribution in [0.5, 0.6) is 0 Å². The van der Waals surface area contributed by atoms with Crippen LogP contribution in [0.15, 0.2) is 30.3 Å². The maximum Gasteiger partial charge on any atom is 0.317 e. The van der Waals surface area contributed by atoms with Gasteiger partial charge in [-0.1, -0.05) is 37.3 Å². The Bertz CT molecular complexity index is 470. The maximum atomic E-state index is 11.9. The highest BCUT2D eigenvalue weighted by Gasteiger charge is 2.09. The van der Waals surface area contributed by atoms with Crippen molar-refractivity contribution in [2.75, 3.05) is 26.7 Å². The van der Waals surface area contributed by atoms with Crippen molar-refractivity contribution in [2.24, 2.45) is 11.7 Å². The van der Waals surface area contributed by atoms with Crippen LogP contribution in [0.2, 0.25) is 0 Å². The van der Waals surface area contributed by atoms with E-state index in [2.05, 4.69) is 10.6 Å². The Kier molecular flexibility index (Phi) is 10.8. The van der Waals surface area contributed by atoms with Crippen LogP contribution in [-0.2, 0) is 11.3 Å². The molecule has 0 radical (unpaired) electrons. The SMILES string of the molecule is CC(CN)CNC(=O)CCNC(=O)N(C)Cc1ccccc1.Cl. The van der Waals surface area contributed by atoms with E-state index in [-0.39, 0.29) is 36.7 Å². The van der Waals surface area contributed by atoms with Crippen molar-refractivity contribution in [2.45, 2.75) is 19.9 Å². The van der Waals surface area contributed by atoms with Crippen molar-refractivity contribution >= 4 is 24.3 Å². The smallest absolute Gasteiger partial charge is 0.317 e. The molecule has 0 spiro atoms. The molecule has 3 amide bonds. The lowest BCUT2D eigenvalue weighted by molar-refractivity contribution is -0.121. The fraction of sp³-hybridized carbons (Fsp3) is 0.500. The van der Waals surface area contributed by atoms with Gasteiger partial charge in [0.2, 0.25) is 5.91 Å². The van der Waals surface area contributed by atoms with E-state index >= 15 is 0 Å². The standard InChI is InChI=1S/C16H26N4O2.ClH/c1-13(10-17)11-19-15(21)8-9-18-16(22)20(2)12-14-6-4-3-5-7-14;/h3-7,13H,8-12,17H2,1-2H3,(H,18,22)(H,19,21);1H. The molecular weight excluding hydrogens is 316 g/mol. The fourth-order valence-corrected chi connectivity index (χ4v) is 1.81. The molecule has 1 aromatic rings. The summed E-state index contributed by atoms with van der Waals surface area (Å²) in [5.74, 6) is 0.182. The van der Waals surface area contributed by atoms with Gasteiger partial charge in [0.1, 0.15) is 0 Å². The fourth-order valence-electron chi connectivity index (χ4n) is 1.81. The van der Waals surface area contributed by atoms with Crippen LogP contribution in [-0.4, -0.2) is 43.5 Å². The molecule has 0 aliphatic heterocycles. The molecule has 6 nitrogen and oxygen atoms in total. The molecule has 0 fully saturated rings. The summed E-state index contributed by atoms with van der Waals surface area (Å²) in [5, 5.41) is 5.53. The monoisotopic (exact) mass is 342 g/mol. The van der Waals surface area contributed by atoms with E-state index in [0.29, 0.717) is 26.2 Å². The highest BCUT2D eigenvalue weighted by molar-refractivity contribution is 5.85.